The van der Waals surface area contributed by atoms with Crippen molar-refractivity contribution in [3.8, 4) is 0 Å². The molecule has 2 N–H and O–H groups in total. The molecule has 0 saturated carbocycles. The normalized spacial score (nSPS) is 36.6. The van der Waals surface area contributed by atoms with Crippen LogP contribution in [0.15, 0.2) is 0 Å². The molecule has 0 spiro atoms. The van der Waals surface area contributed by atoms with Gasteiger partial charge in [0.2, 0.25) is 5.91 Å². The Labute approximate surface area is 108 Å². The molecule has 0 aromatic rings. The van der Waals surface area contributed by atoms with E-state index in [1.54, 1.807) is 11.9 Å². The topological polar surface area (TPSA) is 61.8 Å². The van der Waals surface area contributed by atoms with E-state index in [0.717, 1.165) is 13.0 Å². The lowest BCUT2D eigenvalue weighted by atomic mass is 9.88. The lowest BCUT2D eigenvalue weighted by molar-refractivity contribution is -0.142. The van der Waals surface area contributed by atoms with Crippen LogP contribution in [0.25, 0.3) is 0 Å². The number of rotatable bonds is 3. The second-order valence-corrected chi connectivity index (χ2v) is 5.79. The molecule has 0 aliphatic carbocycles. The summed E-state index contributed by atoms with van der Waals surface area (Å²) in [5.41, 5.74) is -0.751. The number of hydrogen-bond acceptors (Lipinski definition) is 4. The molecule has 2 saturated heterocycles. The molecule has 0 aromatic heterocycles. The zero-order valence-corrected chi connectivity index (χ0v) is 11.3. The number of carbonyl (C=O) groups excluding carboxylic acids is 1. The summed E-state index contributed by atoms with van der Waals surface area (Å²) in [6.07, 6.45) is 1.51. The highest BCUT2D eigenvalue weighted by molar-refractivity contribution is 5.79. The minimum Gasteiger partial charge on any atom is -0.387 e. The molecule has 2 fully saturated rings. The van der Waals surface area contributed by atoms with Gasteiger partial charge in [-0.3, -0.25) is 4.79 Å². The highest BCUT2D eigenvalue weighted by Gasteiger charge is 2.36. The monoisotopic (exact) mass is 256 g/mol. The maximum absolute atomic E-state index is 12.4. The van der Waals surface area contributed by atoms with Gasteiger partial charge in [0.25, 0.3) is 0 Å². The van der Waals surface area contributed by atoms with E-state index in [-0.39, 0.29) is 17.7 Å². The fraction of sp³-hybridized carbons (Fsp3) is 0.923. The van der Waals surface area contributed by atoms with Crippen molar-refractivity contribution in [3.05, 3.63) is 0 Å². The minimum atomic E-state index is -0.751. The molecular weight excluding hydrogens is 232 g/mol. The van der Waals surface area contributed by atoms with Crippen molar-refractivity contribution in [3.63, 3.8) is 0 Å². The second kappa shape index (κ2) is 5.55. The number of β-amino-alcohol motifs (C(OH)–C–C–N with tert-alkyl or cyclic N) is 1. The number of likely N-dealkylation sites (N-methyl/N-ethyl adjacent to an activating group) is 1. The zero-order valence-electron chi connectivity index (χ0n) is 11.3. The molecule has 104 valence electrons. The van der Waals surface area contributed by atoms with Crippen LogP contribution in [0.4, 0.5) is 0 Å². The molecule has 2 aliphatic heterocycles. The van der Waals surface area contributed by atoms with E-state index >= 15 is 0 Å². The van der Waals surface area contributed by atoms with Crippen LogP contribution < -0.4 is 5.32 Å². The lowest BCUT2D eigenvalue weighted by Gasteiger charge is -2.34. The standard InChI is InChI=1S/C13H24N2O3/c1-10-7-18-6-3-11(10)12(16)15(2)9-13(17)4-5-14-8-13/h10-11,14,17H,3-9H2,1-2H3. The number of hydrogen-bond donors (Lipinski definition) is 2. The van der Waals surface area contributed by atoms with Crippen LogP contribution in [0.2, 0.25) is 0 Å². The van der Waals surface area contributed by atoms with Crippen LogP contribution in [-0.2, 0) is 9.53 Å². The van der Waals surface area contributed by atoms with E-state index in [0.29, 0.717) is 32.7 Å². The smallest absolute Gasteiger partial charge is 0.225 e. The Kier molecular flexibility index (Phi) is 4.25. The van der Waals surface area contributed by atoms with E-state index in [1.165, 1.54) is 0 Å². The molecule has 2 rings (SSSR count). The molecule has 1 amide bonds. The van der Waals surface area contributed by atoms with Gasteiger partial charge in [-0.15, -0.1) is 0 Å². The molecular formula is C13H24N2O3. The predicted octanol–water partition coefficient (Wildman–Crippen LogP) is -0.158. The van der Waals surface area contributed by atoms with E-state index in [1.807, 2.05) is 0 Å². The van der Waals surface area contributed by atoms with Crippen LogP contribution in [0.5, 0.6) is 0 Å². The molecule has 0 aromatic carbocycles. The molecule has 5 nitrogen and oxygen atoms in total. The Balaban J connectivity index is 1.91. The molecule has 18 heavy (non-hydrogen) atoms. The Morgan fingerprint density at radius 2 is 2.39 bits per heavy atom. The fourth-order valence-electron chi connectivity index (χ4n) is 2.92. The van der Waals surface area contributed by atoms with Gasteiger partial charge >= 0.3 is 0 Å². The summed E-state index contributed by atoms with van der Waals surface area (Å²) >= 11 is 0. The Bertz CT molecular complexity index is 303. The average Bonchev–Trinajstić information content (AvgIpc) is 2.75. The third kappa shape index (κ3) is 3.02. The van der Waals surface area contributed by atoms with Crippen molar-refractivity contribution in [2.75, 3.05) is 39.9 Å². The van der Waals surface area contributed by atoms with Gasteiger partial charge in [0.05, 0.1) is 12.1 Å². The van der Waals surface area contributed by atoms with Gasteiger partial charge < -0.3 is 20.1 Å². The van der Waals surface area contributed by atoms with E-state index in [9.17, 15) is 9.90 Å². The molecule has 0 radical (unpaired) electrons. The van der Waals surface area contributed by atoms with Crippen LogP contribution in [0, 0.1) is 11.8 Å². The van der Waals surface area contributed by atoms with E-state index < -0.39 is 5.60 Å². The van der Waals surface area contributed by atoms with Crippen molar-refractivity contribution < 1.29 is 14.6 Å². The first-order valence-electron chi connectivity index (χ1n) is 6.78. The summed E-state index contributed by atoms with van der Waals surface area (Å²) in [6.45, 7) is 5.21. The Hall–Kier alpha value is -0.650. The molecule has 3 atom stereocenters. The van der Waals surface area contributed by atoms with E-state index in [2.05, 4.69) is 12.2 Å². The maximum atomic E-state index is 12.4. The van der Waals surface area contributed by atoms with E-state index in [4.69, 9.17) is 4.74 Å². The third-order valence-electron chi connectivity index (χ3n) is 4.09. The first-order chi connectivity index (χ1) is 8.52. The number of ether oxygens (including phenoxy) is 1. The van der Waals surface area contributed by atoms with Crippen molar-refractivity contribution in [1.82, 2.24) is 10.2 Å². The van der Waals surface area contributed by atoms with Gasteiger partial charge in [-0.1, -0.05) is 6.92 Å². The van der Waals surface area contributed by atoms with Gasteiger partial charge in [-0.05, 0) is 25.3 Å². The number of nitrogens with one attached hydrogen (secondary N) is 1. The summed E-state index contributed by atoms with van der Waals surface area (Å²) in [5, 5.41) is 13.4. The first-order valence-corrected chi connectivity index (χ1v) is 6.78. The van der Waals surface area contributed by atoms with Crippen LogP contribution >= 0.6 is 0 Å². The van der Waals surface area contributed by atoms with Crippen molar-refractivity contribution in [2.24, 2.45) is 11.8 Å². The van der Waals surface area contributed by atoms with Gasteiger partial charge in [-0.2, -0.15) is 0 Å². The Morgan fingerprint density at radius 3 is 3.00 bits per heavy atom. The summed E-state index contributed by atoms with van der Waals surface area (Å²) in [4.78, 5) is 14.1. The molecule has 5 heteroatoms. The maximum Gasteiger partial charge on any atom is 0.225 e. The first kappa shape index (κ1) is 13.8. The lowest BCUT2D eigenvalue weighted by Crippen LogP contribution is -2.48. The minimum absolute atomic E-state index is 0.0433. The second-order valence-electron chi connectivity index (χ2n) is 5.79. The van der Waals surface area contributed by atoms with Gasteiger partial charge in [0.1, 0.15) is 0 Å². The fourth-order valence-corrected chi connectivity index (χ4v) is 2.92. The predicted molar refractivity (Wildman–Crippen MR) is 68.2 cm³/mol. The Morgan fingerprint density at radius 1 is 1.61 bits per heavy atom. The summed E-state index contributed by atoms with van der Waals surface area (Å²) < 4.78 is 5.37. The quantitative estimate of drug-likeness (QED) is 0.737. The largest absolute Gasteiger partial charge is 0.387 e. The van der Waals surface area contributed by atoms with Gasteiger partial charge in [0, 0.05) is 32.7 Å². The van der Waals surface area contributed by atoms with Gasteiger partial charge in [-0.25, -0.2) is 0 Å². The summed E-state index contributed by atoms with van der Waals surface area (Å²) in [7, 11) is 1.79. The van der Waals surface area contributed by atoms with Gasteiger partial charge in [0.15, 0.2) is 0 Å². The van der Waals surface area contributed by atoms with Crippen molar-refractivity contribution >= 4 is 5.91 Å². The average molecular weight is 256 g/mol. The zero-order chi connectivity index (χ0) is 13.2. The molecule has 0 bridgehead atoms. The summed E-state index contributed by atoms with van der Waals surface area (Å²) in [6, 6.07) is 0. The van der Waals surface area contributed by atoms with Crippen molar-refractivity contribution in [1.29, 1.82) is 0 Å². The highest BCUT2D eigenvalue weighted by Crippen LogP contribution is 2.24. The summed E-state index contributed by atoms with van der Waals surface area (Å²) in [5.74, 6) is 0.456. The molecule has 2 heterocycles. The van der Waals surface area contributed by atoms with Crippen LogP contribution in [0.1, 0.15) is 19.8 Å². The van der Waals surface area contributed by atoms with Crippen LogP contribution in [0.3, 0.4) is 0 Å². The number of amides is 1. The number of carbonyl (C=O) groups is 1. The molecule has 2 aliphatic rings. The molecule has 3 unspecified atom stereocenters. The van der Waals surface area contributed by atoms with Crippen LogP contribution in [-0.4, -0.2) is 61.4 Å². The number of aliphatic hydroxyl groups is 1. The highest BCUT2D eigenvalue weighted by atomic mass is 16.5. The van der Waals surface area contributed by atoms with Crippen molar-refractivity contribution in [2.45, 2.75) is 25.4 Å². The SMILES string of the molecule is CC1COCCC1C(=O)N(C)CC1(O)CCNC1. The third-order valence-corrected chi connectivity index (χ3v) is 4.09. The number of nitrogens with zero attached hydrogens (tertiary/aromatic N) is 1.